The first-order valence-corrected chi connectivity index (χ1v) is 11.6. The zero-order chi connectivity index (χ0) is 18.8. The second-order valence-electron chi connectivity index (χ2n) is 5.82. The Balaban J connectivity index is 2.26. The van der Waals surface area contributed by atoms with Crippen LogP contribution in [0.4, 0.5) is 5.69 Å². The van der Waals surface area contributed by atoms with E-state index in [0.717, 1.165) is 0 Å². The maximum atomic E-state index is 12.6. The van der Waals surface area contributed by atoms with Gasteiger partial charge in [-0.2, -0.15) is 4.31 Å². The summed E-state index contributed by atoms with van der Waals surface area (Å²) in [4.78, 5) is 12.1. The Morgan fingerprint density at radius 3 is 2.48 bits per heavy atom. The van der Waals surface area contributed by atoms with Crippen LogP contribution in [-0.2, 0) is 24.7 Å². The van der Waals surface area contributed by atoms with Gasteiger partial charge in [0.25, 0.3) is 0 Å². The third-order valence-corrected chi connectivity index (χ3v) is 8.42. The molecule has 0 aromatic heterocycles. The molecule has 1 aliphatic heterocycles. The summed E-state index contributed by atoms with van der Waals surface area (Å²) in [5.74, 6) is -1.25. The number of carbonyl (C=O) groups excluding carboxylic acids is 1. The van der Waals surface area contributed by atoms with Gasteiger partial charge in [0.15, 0.2) is 9.84 Å². The molecule has 1 aromatic carbocycles. The largest absolute Gasteiger partial charge is 0.326 e. The monoisotopic (exact) mass is 408 g/mol. The fraction of sp³-hybridized carbons (Fsp3) is 0.533. The molecule has 7 nitrogen and oxygen atoms in total. The van der Waals surface area contributed by atoms with E-state index in [2.05, 4.69) is 5.32 Å². The Morgan fingerprint density at radius 2 is 1.96 bits per heavy atom. The molecule has 0 bridgehead atoms. The molecule has 1 amide bonds. The van der Waals surface area contributed by atoms with Gasteiger partial charge in [0, 0.05) is 18.8 Å². The van der Waals surface area contributed by atoms with Crippen molar-refractivity contribution in [1.82, 2.24) is 4.31 Å². The van der Waals surface area contributed by atoms with E-state index < -0.39 is 31.7 Å². The number of hydrogen-bond acceptors (Lipinski definition) is 5. The first-order valence-electron chi connectivity index (χ1n) is 7.91. The molecule has 1 saturated heterocycles. The van der Waals surface area contributed by atoms with E-state index >= 15 is 0 Å². The number of sulfone groups is 1. The molecule has 1 aliphatic rings. The van der Waals surface area contributed by atoms with Crippen molar-refractivity contribution in [3.63, 3.8) is 0 Å². The standard InChI is InChI=1S/C15H21ClN2O5S2/c1-3-18(4-2)25(22,23)14-9-12(5-6-13(14)16)17-15(19)11-7-8-24(20,21)10-11/h5-6,9,11H,3-4,7-8,10H2,1-2H3,(H,17,19)/t11-/m0/s1. The highest BCUT2D eigenvalue weighted by molar-refractivity contribution is 7.91. The minimum atomic E-state index is -3.77. The Hall–Kier alpha value is -1.16. The highest BCUT2D eigenvalue weighted by Crippen LogP contribution is 2.28. The van der Waals surface area contributed by atoms with Gasteiger partial charge in [0.2, 0.25) is 15.9 Å². The van der Waals surface area contributed by atoms with Crippen LogP contribution in [0.3, 0.4) is 0 Å². The quantitative estimate of drug-likeness (QED) is 0.772. The van der Waals surface area contributed by atoms with Crippen molar-refractivity contribution >= 4 is 43.1 Å². The van der Waals surface area contributed by atoms with E-state index in [0.29, 0.717) is 13.1 Å². The number of hydrogen-bond donors (Lipinski definition) is 1. The SMILES string of the molecule is CCN(CC)S(=O)(=O)c1cc(NC(=O)[C@H]2CCS(=O)(=O)C2)ccc1Cl. The first-order chi connectivity index (χ1) is 11.6. The molecule has 10 heteroatoms. The summed E-state index contributed by atoms with van der Waals surface area (Å²) in [6.07, 6.45) is 0.270. The molecule has 2 rings (SSSR count). The fourth-order valence-corrected chi connectivity index (χ4v) is 6.43. The van der Waals surface area contributed by atoms with Crippen molar-refractivity contribution in [2.24, 2.45) is 5.92 Å². The van der Waals surface area contributed by atoms with Gasteiger partial charge in [0.05, 0.1) is 22.4 Å². The number of amides is 1. The number of benzene rings is 1. The summed E-state index contributed by atoms with van der Waals surface area (Å²) in [7, 11) is -6.95. The van der Waals surface area contributed by atoms with Gasteiger partial charge < -0.3 is 5.32 Å². The summed E-state index contributed by atoms with van der Waals surface area (Å²) in [6, 6.07) is 4.20. The molecule has 1 aromatic rings. The molecule has 1 atom stereocenters. The average Bonchev–Trinajstić information content (AvgIpc) is 2.90. The van der Waals surface area contributed by atoms with Crippen LogP contribution in [-0.4, -0.2) is 51.6 Å². The minimum absolute atomic E-state index is 0.00665. The number of nitrogens with zero attached hydrogens (tertiary/aromatic N) is 1. The molecular weight excluding hydrogens is 388 g/mol. The number of rotatable bonds is 6. The lowest BCUT2D eigenvalue weighted by molar-refractivity contribution is -0.119. The van der Waals surface area contributed by atoms with Crippen LogP contribution in [0.25, 0.3) is 0 Å². The molecule has 1 N–H and O–H groups in total. The lowest BCUT2D eigenvalue weighted by Crippen LogP contribution is -2.31. The number of anilines is 1. The Bertz CT molecular complexity index is 864. The van der Waals surface area contributed by atoms with Gasteiger partial charge in [-0.25, -0.2) is 16.8 Å². The zero-order valence-corrected chi connectivity index (χ0v) is 16.4. The van der Waals surface area contributed by atoms with Crippen molar-refractivity contribution in [2.75, 3.05) is 29.9 Å². The second kappa shape index (κ2) is 7.61. The Labute approximate surface area is 153 Å². The van der Waals surface area contributed by atoms with E-state index in [1.165, 1.54) is 22.5 Å². The van der Waals surface area contributed by atoms with Crippen molar-refractivity contribution in [3.8, 4) is 0 Å². The summed E-state index contributed by atoms with van der Waals surface area (Å²) >= 11 is 6.04. The summed E-state index contributed by atoms with van der Waals surface area (Å²) in [6.45, 7) is 4.04. The third kappa shape index (κ3) is 4.52. The lowest BCUT2D eigenvalue weighted by atomic mass is 10.1. The van der Waals surface area contributed by atoms with Crippen LogP contribution < -0.4 is 5.32 Å². The fourth-order valence-electron chi connectivity index (χ4n) is 2.73. The van der Waals surface area contributed by atoms with Crippen LogP contribution in [0.15, 0.2) is 23.1 Å². The maximum absolute atomic E-state index is 12.6. The van der Waals surface area contributed by atoms with Crippen LogP contribution in [0.2, 0.25) is 5.02 Å². The van der Waals surface area contributed by atoms with Crippen molar-refractivity contribution in [1.29, 1.82) is 0 Å². The number of halogens is 1. The molecule has 0 unspecified atom stereocenters. The van der Waals surface area contributed by atoms with Gasteiger partial charge in [0.1, 0.15) is 4.90 Å². The van der Waals surface area contributed by atoms with Crippen molar-refractivity contribution < 1.29 is 21.6 Å². The molecule has 140 valence electrons. The van der Waals surface area contributed by atoms with E-state index in [1.807, 2.05) is 0 Å². The summed E-state index contributed by atoms with van der Waals surface area (Å²) in [5.41, 5.74) is 0.268. The van der Waals surface area contributed by atoms with Crippen LogP contribution in [0.1, 0.15) is 20.3 Å². The van der Waals surface area contributed by atoms with Gasteiger partial charge in [-0.15, -0.1) is 0 Å². The molecule has 0 spiro atoms. The van der Waals surface area contributed by atoms with Crippen molar-refractivity contribution in [3.05, 3.63) is 23.2 Å². The average molecular weight is 409 g/mol. The predicted molar refractivity (Wildman–Crippen MR) is 96.9 cm³/mol. The van der Waals surface area contributed by atoms with E-state index in [4.69, 9.17) is 11.6 Å². The Morgan fingerprint density at radius 1 is 1.32 bits per heavy atom. The molecule has 1 heterocycles. The predicted octanol–water partition coefficient (Wildman–Crippen LogP) is 1.74. The molecule has 25 heavy (non-hydrogen) atoms. The zero-order valence-electron chi connectivity index (χ0n) is 14.0. The van der Waals surface area contributed by atoms with Crippen molar-refractivity contribution in [2.45, 2.75) is 25.2 Å². The highest BCUT2D eigenvalue weighted by Gasteiger charge is 2.33. The van der Waals surface area contributed by atoms with E-state index in [1.54, 1.807) is 13.8 Å². The van der Waals surface area contributed by atoms with Crippen LogP contribution in [0.5, 0.6) is 0 Å². The molecule has 0 radical (unpaired) electrons. The Kier molecular flexibility index (Phi) is 6.13. The molecule has 0 aliphatic carbocycles. The topological polar surface area (TPSA) is 101 Å². The highest BCUT2D eigenvalue weighted by atomic mass is 35.5. The lowest BCUT2D eigenvalue weighted by Gasteiger charge is -2.20. The molecule has 0 saturated carbocycles. The van der Waals surface area contributed by atoms with Crippen LogP contribution >= 0.6 is 11.6 Å². The molecule has 1 fully saturated rings. The van der Waals surface area contributed by atoms with Crippen LogP contribution in [0, 0.1) is 5.92 Å². The van der Waals surface area contributed by atoms with Gasteiger partial charge >= 0.3 is 0 Å². The summed E-state index contributed by atoms with van der Waals surface area (Å²) in [5, 5.41) is 2.65. The summed E-state index contributed by atoms with van der Waals surface area (Å²) < 4.78 is 49.5. The van der Waals surface area contributed by atoms with E-state index in [9.17, 15) is 21.6 Å². The number of nitrogens with one attached hydrogen (secondary N) is 1. The minimum Gasteiger partial charge on any atom is -0.326 e. The second-order valence-corrected chi connectivity index (χ2v) is 10.4. The number of sulfonamides is 1. The molecular formula is C15H21ClN2O5S2. The smallest absolute Gasteiger partial charge is 0.244 e. The van der Waals surface area contributed by atoms with Gasteiger partial charge in [-0.3, -0.25) is 4.79 Å². The first kappa shape index (κ1) is 20.2. The van der Waals surface area contributed by atoms with E-state index in [-0.39, 0.29) is 33.5 Å². The number of carbonyl (C=O) groups is 1. The normalized spacial score (nSPS) is 19.9. The van der Waals surface area contributed by atoms with Gasteiger partial charge in [-0.1, -0.05) is 25.4 Å². The third-order valence-electron chi connectivity index (χ3n) is 4.13. The van der Waals surface area contributed by atoms with Gasteiger partial charge in [-0.05, 0) is 24.6 Å². The maximum Gasteiger partial charge on any atom is 0.244 e.